The van der Waals surface area contributed by atoms with Crippen molar-refractivity contribution in [2.75, 3.05) is 32.6 Å². The lowest BCUT2D eigenvalue weighted by atomic mass is 10.1. The predicted molar refractivity (Wildman–Crippen MR) is 105 cm³/mol. The molecule has 0 aliphatic carbocycles. The van der Waals surface area contributed by atoms with E-state index in [4.69, 9.17) is 9.47 Å². The fourth-order valence-corrected chi connectivity index (χ4v) is 2.41. The predicted octanol–water partition coefficient (Wildman–Crippen LogP) is 2.57. The summed E-state index contributed by atoms with van der Waals surface area (Å²) in [5.74, 6) is -0.810. The molecule has 0 radical (unpaired) electrons. The van der Waals surface area contributed by atoms with Gasteiger partial charge in [0.05, 0.1) is 19.2 Å². The van der Waals surface area contributed by atoms with Gasteiger partial charge in [0.1, 0.15) is 5.75 Å². The maximum Gasteiger partial charge on any atom is 0.338 e. The third-order valence-corrected chi connectivity index (χ3v) is 4.13. The molecule has 148 valence electrons. The summed E-state index contributed by atoms with van der Waals surface area (Å²) in [6, 6.07) is 12.1. The molecule has 0 unspecified atom stereocenters. The van der Waals surface area contributed by atoms with Crippen LogP contribution in [0.2, 0.25) is 0 Å². The van der Waals surface area contributed by atoms with Crippen molar-refractivity contribution in [3.05, 3.63) is 59.2 Å². The first kappa shape index (κ1) is 21.0. The van der Waals surface area contributed by atoms with Crippen LogP contribution in [0.3, 0.4) is 0 Å². The van der Waals surface area contributed by atoms with Gasteiger partial charge in [-0.25, -0.2) is 4.79 Å². The van der Waals surface area contributed by atoms with E-state index < -0.39 is 18.5 Å². The van der Waals surface area contributed by atoms with E-state index in [0.717, 1.165) is 11.1 Å². The molecule has 2 aromatic carbocycles. The summed E-state index contributed by atoms with van der Waals surface area (Å²) < 4.78 is 10.0. The molecule has 28 heavy (non-hydrogen) atoms. The number of benzene rings is 2. The Bertz CT molecular complexity index is 862. The highest BCUT2D eigenvalue weighted by atomic mass is 16.5. The number of methoxy groups -OCH3 is 1. The number of nitrogens with one attached hydrogen (secondary N) is 1. The van der Waals surface area contributed by atoms with E-state index >= 15 is 0 Å². The first-order chi connectivity index (χ1) is 13.3. The van der Waals surface area contributed by atoms with Crippen LogP contribution in [-0.4, -0.2) is 50.0 Å². The fourth-order valence-electron chi connectivity index (χ4n) is 2.41. The molecule has 7 heteroatoms. The zero-order valence-corrected chi connectivity index (χ0v) is 16.4. The van der Waals surface area contributed by atoms with E-state index in [-0.39, 0.29) is 12.5 Å². The molecule has 0 heterocycles. The van der Waals surface area contributed by atoms with Crippen molar-refractivity contribution in [1.29, 1.82) is 0 Å². The summed E-state index contributed by atoms with van der Waals surface area (Å²) in [6.07, 6.45) is 0. The molecule has 0 bridgehead atoms. The van der Waals surface area contributed by atoms with Gasteiger partial charge < -0.3 is 19.7 Å². The minimum atomic E-state index is -0.621. The Morgan fingerprint density at radius 1 is 1.04 bits per heavy atom. The number of aryl methyl sites for hydroxylation is 2. The van der Waals surface area contributed by atoms with Crippen molar-refractivity contribution in [3.63, 3.8) is 0 Å². The Labute approximate surface area is 164 Å². The van der Waals surface area contributed by atoms with Crippen molar-refractivity contribution in [2.24, 2.45) is 0 Å². The topological polar surface area (TPSA) is 84.9 Å². The standard InChI is InChI=1S/C21H24N2O5/c1-14-5-6-15(2)18(11-14)22-19(24)12-23(3)20(25)13-28-21(26)16-7-9-17(27-4)10-8-16/h5-11H,12-13H2,1-4H3,(H,22,24). The van der Waals surface area contributed by atoms with Crippen LogP contribution >= 0.6 is 0 Å². The van der Waals surface area contributed by atoms with Gasteiger partial charge in [-0.2, -0.15) is 0 Å². The molecule has 0 atom stereocenters. The van der Waals surface area contributed by atoms with E-state index in [2.05, 4.69) is 5.32 Å². The third-order valence-electron chi connectivity index (χ3n) is 4.13. The van der Waals surface area contributed by atoms with Gasteiger partial charge >= 0.3 is 5.97 Å². The van der Waals surface area contributed by atoms with Crippen LogP contribution in [0.5, 0.6) is 5.75 Å². The molecule has 0 fully saturated rings. The molecule has 1 N–H and O–H groups in total. The minimum Gasteiger partial charge on any atom is -0.497 e. The van der Waals surface area contributed by atoms with Crippen molar-refractivity contribution >= 4 is 23.5 Å². The van der Waals surface area contributed by atoms with Crippen LogP contribution in [0.4, 0.5) is 5.69 Å². The van der Waals surface area contributed by atoms with Crippen LogP contribution in [0, 0.1) is 13.8 Å². The van der Waals surface area contributed by atoms with Gasteiger partial charge in [-0.3, -0.25) is 9.59 Å². The van der Waals surface area contributed by atoms with Crippen molar-refractivity contribution in [3.8, 4) is 5.75 Å². The Hall–Kier alpha value is -3.35. The van der Waals surface area contributed by atoms with Crippen molar-refractivity contribution < 1.29 is 23.9 Å². The van der Waals surface area contributed by atoms with Gasteiger partial charge in [-0.15, -0.1) is 0 Å². The lowest BCUT2D eigenvalue weighted by molar-refractivity contribution is -0.136. The van der Waals surface area contributed by atoms with Crippen LogP contribution in [0.1, 0.15) is 21.5 Å². The van der Waals surface area contributed by atoms with E-state index in [1.165, 1.54) is 19.1 Å². The third kappa shape index (κ3) is 5.84. The molecule has 0 saturated carbocycles. The SMILES string of the molecule is COc1ccc(C(=O)OCC(=O)N(C)CC(=O)Nc2cc(C)ccc2C)cc1. The maximum absolute atomic E-state index is 12.2. The summed E-state index contributed by atoms with van der Waals surface area (Å²) in [5.41, 5.74) is 2.97. The van der Waals surface area contributed by atoms with Gasteiger partial charge in [0.2, 0.25) is 5.91 Å². The number of rotatable bonds is 7. The Balaban J connectivity index is 1.83. The molecule has 7 nitrogen and oxygen atoms in total. The molecule has 2 amide bonds. The molecule has 2 aromatic rings. The second-order valence-electron chi connectivity index (χ2n) is 6.42. The van der Waals surface area contributed by atoms with Crippen molar-refractivity contribution in [1.82, 2.24) is 4.90 Å². The average Bonchev–Trinajstić information content (AvgIpc) is 2.68. The average molecular weight is 384 g/mol. The van der Waals surface area contributed by atoms with Gasteiger partial charge in [0.15, 0.2) is 6.61 Å². The highest BCUT2D eigenvalue weighted by molar-refractivity contribution is 5.96. The molecular formula is C21H24N2O5. The summed E-state index contributed by atoms with van der Waals surface area (Å²) in [7, 11) is 3.00. The molecule has 0 spiro atoms. The Morgan fingerprint density at radius 2 is 1.71 bits per heavy atom. The van der Waals surface area contributed by atoms with Gasteiger partial charge in [0.25, 0.3) is 5.91 Å². The Morgan fingerprint density at radius 3 is 2.36 bits per heavy atom. The molecular weight excluding hydrogens is 360 g/mol. The number of ether oxygens (including phenoxy) is 2. The second kappa shape index (κ2) is 9.55. The lowest BCUT2D eigenvalue weighted by Gasteiger charge is -2.17. The monoisotopic (exact) mass is 384 g/mol. The highest BCUT2D eigenvalue weighted by Gasteiger charge is 2.16. The molecule has 0 aliphatic rings. The normalized spacial score (nSPS) is 10.1. The second-order valence-corrected chi connectivity index (χ2v) is 6.42. The quantitative estimate of drug-likeness (QED) is 0.742. The zero-order chi connectivity index (χ0) is 20.7. The van der Waals surface area contributed by atoms with E-state index in [1.807, 2.05) is 32.0 Å². The number of hydrogen-bond acceptors (Lipinski definition) is 5. The number of nitrogens with zero attached hydrogens (tertiary/aromatic N) is 1. The molecule has 2 rings (SSSR count). The summed E-state index contributed by atoms with van der Waals surface area (Å²) in [4.78, 5) is 37.5. The van der Waals surface area contributed by atoms with Crippen LogP contribution in [0.15, 0.2) is 42.5 Å². The number of anilines is 1. The first-order valence-electron chi connectivity index (χ1n) is 8.72. The number of carbonyl (C=O) groups excluding carboxylic acids is 3. The van der Waals surface area contributed by atoms with E-state index in [9.17, 15) is 14.4 Å². The summed E-state index contributed by atoms with van der Waals surface area (Å²) >= 11 is 0. The number of carbonyl (C=O) groups is 3. The minimum absolute atomic E-state index is 0.147. The van der Waals surface area contributed by atoms with Gasteiger partial charge in [0, 0.05) is 12.7 Å². The highest BCUT2D eigenvalue weighted by Crippen LogP contribution is 2.16. The fraction of sp³-hybridized carbons (Fsp3) is 0.286. The molecule has 0 aromatic heterocycles. The lowest BCUT2D eigenvalue weighted by Crippen LogP contribution is -2.37. The number of esters is 1. The largest absolute Gasteiger partial charge is 0.497 e. The number of likely N-dealkylation sites (N-methyl/N-ethyl adjacent to an activating group) is 1. The maximum atomic E-state index is 12.2. The van der Waals surface area contributed by atoms with Crippen molar-refractivity contribution in [2.45, 2.75) is 13.8 Å². The van der Waals surface area contributed by atoms with E-state index in [1.54, 1.807) is 24.3 Å². The number of hydrogen-bond donors (Lipinski definition) is 1. The molecule has 0 saturated heterocycles. The zero-order valence-electron chi connectivity index (χ0n) is 16.4. The van der Waals surface area contributed by atoms with Crippen LogP contribution in [-0.2, 0) is 14.3 Å². The van der Waals surface area contributed by atoms with E-state index in [0.29, 0.717) is 17.0 Å². The van der Waals surface area contributed by atoms with Gasteiger partial charge in [-0.1, -0.05) is 12.1 Å². The summed E-state index contributed by atoms with van der Waals surface area (Å²) in [5, 5.41) is 2.79. The van der Waals surface area contributed by atoms with Crippen LogP contribution < -0.4 is 10.1 Å². The Kier molecular flexibility index (Phi) is 7.14. The van der Waals surface area contributed by atoms with Gasteiger partial charge in [-0.05, 0) is 55.3 Å². The summed E-state index contributed by atoms with van der Waals surface area (Å²) in [6.45, 7) is 3.23. The smallest absolute Gasteiger partial charge is 0.338 e. The van der Waals surface area contributed by atoms with Crippen LogP contribution in [0.25, 0.3) is 0 Å². The first-order valence-corrected chi connectivity index (χ1v) is 8.72. The number of amides is 2. The molecule has 0 aliphatic heterocycles.